The topological polar surface area (TPSA) is 62.6 Å². The molecule has 0 radical (unpaired) electrons. The zero-order valence-electron chi connectivity index (χ0n) is 11.7. The van der Waals surface area contributed by atoms with Gasteiger partial charge in [0.2, 0.25) is 5.78 Å². The van der Waals surface area contributed by atoms with Gasteiger partial charge in [0, 0.05) is 37.8 Å². The van der Waals surface area contributed by atoms with Crippen molar-refractivity contribution in [3.63, 3.8) is 0 Å². The largest absolute Gasteiger partial charge is 0.383 e. The van der Waals surface area contributed by atoms with Crippen LogP contribution in [0.25, 0.3) is 5.78 Å². The third-order valence-corrected chi connectivity index (χ3v) is 3.97. The molecule has 1 fully saturated rings. The van der Waals surface area contributed by atoms with Crippen molar-refractivity contribution in [1.29, 1.82) is 0 Å². The van der Waals surface area contributed by atoms with Gasteiger partial charge in [-0.2, -0.15) is 0 Å². The van der Waals surface area contributed by atoms with Gasteiger partial charge in [0.1, 0.15) is 0 Å². The van der Waals surface area contributed by atoms with Crippen molar-refractivity contribution >= 4 is 5.78 Å². The average Bonchev–Trinajstić information content (AvgIpc) is 2.94. The highest BCUT2D eigenvalue weighted by Gasteiger charge is 2.24. The van der Waals surface area contributed by atoms with Crippen LogP contribution in [0.2, 0.25) is 0 Å². The SMILES string of the molecule is COCCN1CCCCC1c1cc(=O)n2ccnc2[nH]1. The summed E-state index contributed by atoms with van der Waals surface area (Å²) in [5, 5.41) is 0. The van der Waals surface area contributed by atoms with Crippen molar-refractivity contribution in [2.75, 3.05) is 26.8 Å². The van der Waals surface area contributed by atoms with Crippen molar-refractivity contribution in [2.24, 2.45) is 0 Å². The first kappa shape index (κ1) is 13.3. The zero-order chi connectivity index (χ0) is 13.9. The number of likely N-dealkylation sites (tertiary alicyclic amines) is 1. The molecule has 0 amide bonds. The first-order valence-electron chi connectivity index (χ1n) is 7.09. The standard InChI is InChI=1S/C14H20N4O2/c1-20-9-8-17-6-3-2-4-12(17)11-10-13(19)18-7-5-15-14(18)16-11/h5,7,10,12H,2-4,6,8-9H2,1H3,(H,15,16). The fourth-order valence-corrected chi connectivity index (χ4v) is 2.94. The summed E-state index contributed by atoms with van der Waals surface area (Å²) in [6.07, 6.45) is 6.78. The lowest BCUT2D eigenvalue weighted by molar-refractivity contribution is 0.0942. The van der Waals surface area contributed by atoms with Crippen LogP contribution in [0.3, 0.4) is 0 Å². The van der Waals surface area contributed by atoms with Crippen molar-refractivity contribution in [3.05, 3.63) is 34.5 Å². The molecule has 108 valence electrons. The molecule has 0 aliphatic carbocycles. The number of imidazole rings is 1. The number of aromatic nitrogens is 3. The Morgan fingerprint density at radius 1 is 1.50 bits per heavy atom. The average molecular weight is 276 g/mol. The maximum Gasteiger partial charge on any atom is 0.259 e. The maximum atomic E-state index is 12.1. The Kier molecular flexibility index (Phi) is 3.84. The van der Waals surface area contributed by atoms with Crippen molar-refractivity contribution < 1.29 is 4.74 Å². The first-order chi connectivity index (χ1) is 9.79. The van der Waals surface area contributed by atoms with Crippen molar-refractivity contribution in [1.82, 2.24) is 19.3 Å². The number of hydrogen-bond donors (Lipinski definition) is 1. The van der Waals surface area contributed by atoms with E-state index < -0.39 is 0 Å². The zero-order valence-corrected chi connectivity index (χ0v) is 11.7. The Labute approximate surface area is 117 Å². The second-order valence-corrected chi connectivity index (χ2v) is 5.22. The fourth-order valence-electron chi connectivity index (χ4n) is 2.94. The van der Waals surface area contributed by atoms with E-state index in [9.17, 15) is 4.79 Å². The third kappa shape index (κ3) is 2.48. The quantitative estimate of drug-likeness (QED) is 0.911. The van der Waals surface area contributed by atoms with Gasteiger partial charge in [0.25, 0.3) is 5.56 Å². The number of methoxy groups -OCH3 is 1. The van der Waals surface area contributed by atoms with E-state index in [4.69, 9.17) is 4.74 Å². The summed E-state index contributed by atoms with van der Waals surface area (Å²) >= 11 is 0. The molecule has 1 atom stereocenters. The smallest absolute Gasteiger partial charge is 0.259 e. The van der Waals surface area contributed by atoms with Gasteiger partial charge in [-0.3, -0.25) is 14.1 Å². The molecule has 0 aromatic carbocycles. The molecular weight excluding hydrogens is 256 g/mol. The highest BCUT2D eigenvalue weighted by molar-refractivity contribution is 5.30. The lowest BCUT2D eigenvalue weighted by atomic mass is 9.99. The van der Waals surface area contributed by atoms with Crippen LogP contribution in [0.5, 0.6) is 0 Å². The van der Waals surface area contributed by atoms with Gasteiger partial charge in [0.15, 0.2) is 0 Å². The van der Waals surface area contributed by atoms with Gasteiger partial charge in [-0.05, 0) is 19.4 Å². The minimum atomic E-state index is -0.0245. The van der Waals surface area contributed by atoms with Gasteiger partial charge in [-0.25, -0.2) is 4.98 Å². The Morgan fingerprint density at radius 3 is 3.25 bits per heavy atom. The van der Waals surface area contributed by atoms with Gasteiger partial charge in [-0.15, -0.1) is 0 Å². The molecule has 6 nitrogen and oxygen atoms in total. The van der Waals surface area contributed by atoms with Crippen molar-refractivity contribution in [3.8, 4) is 0 Å². The van der Waals surface area contributed by atoms with Gasteiger partial charge >= 0.3 is 0 Å². The van der Waals surface area contributed by atoms with Crippen LogP contribution < -0.4 is 5.56 Å². The summed E-state index contributed by atoms with van der Waals surface area (Å²) in [5.74, 6) is 0.616. The Bertz CT molecular complexity index is 633. The van der Waals surface area contributed by atoms with E-state index in [2.05, 4.69) is 14.9 Å². The molecule has 1 aliphatic heterocycles. The second-order valence-electron chi connectivity index (χ2n) is 5.22. The fraction of sp³-hybridized carbons (Fsp3) is 0.571. The van der Waals surface area contributed by atoms with E-state index in [-0.39, 0.29) is 11.6 Å². The lowest BCUT2D eigenvalue weighted by Gasteiger charge is -2.35. The molecule has 2 aromatic rings. The second kappa shape index (κ2) is 5.76. The number of nitrogens with zero attached hydrogens (tertiary/aromatic N) is 3. The molecule has 0 bridgehead atoms. The molecule has 1 unspecified atom stereocenters. The summed E-state index contributed by atoms with van der Waals surface area (Å²) in [6, 6.07) is 1.96. The highest BCUT2D eigenvalue weighted by atomic mass is 16.5. The highest BCUT2D eigenvalue weighted by Crippen LogP contribution is 2.28. The van der Waals surface area contributed by atoms with E-state index in [1.807, 2.05) is 0 Å². The molecule has 1 saturated heterocycles. The summed E-state index contributed by atoms with van der Waals surface area (Å²) in [5.41, 5.74) is 0.938. The number of rotatable bonds is 4. The van der Waals surface area contributed by atoms with Crippen LogP contribution in [0, 0.1) is 0 Å². The monoisotopic (exact) mass is 276 g/mol. The Morgan fingerprint density at radius 2 is 2.40 bits per heavy atom. The minimum absolute atomic E-state index is 0.0245. The van der Waals surface area contributed by atoms with Gasteiger partial charge in [0.05, 0.1) is 12.6 Å². The number of ether oxygens (including phenoxy) is 1. The molecule has 0 spiro atoms. The summed E-state index contributed by atoms with van der Waals surface area (Å²) < 4.78 is 6.71. The molecule has 2 aromatic heterocycles. The van der Waals surface area contributed by atoms with Gasteiger partial charge < -0.3 is 9.72 Å². The van der Waals surface area contributed by atoms with Crippen LogP contribution in [-0.2, 0) is 4.74 Å². The first-order valence-corrected chi connectivity index (χ1v) is 7.09. The van der Waals surface area contributed by atoms with Gasteiger partial charge in [-0.1, -0.05) is 6.42 Å². The van der Waals surface area contributed by atoms with Crippen molar-refractivity contribution in [2.45, 2.75) is 25.3 Å². The van der Waals surface area contributed by atoms with Crippen LogP contribution in [-0.4, -0.2) is 46.1 Å². The predicted octanol–water partition coefficient (Wildman–Crippen LogP) is 1.20. The van der Waals surface area contributed by atoms with Crippen LogP contribution in [0.4, 0.5) is 0 Å². The number of nitrogens with one attached hydrogen (secondary N) is 1. The van der Waals surface area contributed by atoms with Crippen LogP contribution >= 0.6 is 0 Å². The molecule has 1 N–H and O–H groups in total. The minimum Gasteiger partial charge on any atom is -0.383 e. The molecule has 3 heterocycles. The third-order valence-electron chi connectivity index (χ3n) is 3.97. The molecule has 3 rings (SSSR count). The Hall–Kier alpha value is -1.66. The summed E-state index contributed by atoms with van der Waals surface area (Å²) in [4.78, 5) is 21.9. The van der Waals surface area contributed by atoms with E-state index in [1.54, 1.807) is 25.6 Å². The predicted molar refractivity (Wildman–Crippen MR) is 75.9 cm³/mol. The van der Waals surface area contributed by atoms with Crippen LogP contribution in [0.1, 0.15) is 31.0 Å². The van der Waals surface area contributed by atoms with E-state index in [0.717, 1.165) is 25.2 Å². The van der Waals surface area contributed by atoms with E-state index in [0.29, 0.717) is 12.4 Å². The lowest BCUT2D eigenvalue weighted by Crippen LogP contribution is -2.37. The van der Waals surface area contributed by atoms with E-state index >= 15 is 0 Å². The summed E-state index contributed by atoms with van der Waals surface area (Å²) in [7, 11) is 1.72. The van der Waals surface area contributed by atoms with Crippen LogP contribution in [0.15, 0.2) is 23.3 Å². The maximum absolute atomic E-state index is 12.1. The number of hydrogen-bond acceptors (Lipinski definition) is 4. The molecule has 6 heteroatoms. The van der Waals surface area contributed by atoms with E-state index in [1.165, 1.54) is 17.2 Å². The molecule has 0 saturated carbocycles. The Balaban J connectivity index is 1.92. The number of fused-ring (bicyclic) bond motifs is 1. The molecule has 1 aliphatic rings. The molecule has 20 heavy (non-hydrogen) atoms. The normalized spacial score (nSPS) is 20.6. The molecular formula is C14H20N4O2. The number of piperidine rings is 1. The summed E-state index contributed by atoms with van der Waals surface area (Å²) in [6.45, 7) is 2.66. The number of H-pyrrole nitrogens is 1. The number of aromatic amines is 1.